The van der Waals surface area contributed by atoms with E-state index in [1.165, 1.54) is 0 Å². The summed E-state index contributed by atoms with van der Waals surface area (Å²) in [5.41, 5.74) is 0.573. The Bertz CT molecular complexity index is 327. The lowest BCUT2D eigenvalue weighted by molar-refractivity contribution is -0.107. The van der Waals surface area contributed by atoms with Crippen molar-refractivity contribution in [1.82, 2.24) is 5.32 Å². The highest BCUT2D eigenvalue weighted by molar-refractivity contribution is 5.92. The zero-order valence-electron chi connectivity index (χ0n) is 8.09. The maximum Gasteiger partial charge on any atom is 0.324 e. The molecule has 15 heavy (non-hydrogen) atoms. The predicted molar refractivity (Wildman–Crippen MR) is 55.5 cm³/mol. The Morgan fingerprint density at radius 2 is 2.07 bits per heavy atom. The molecule has 1 aromatic carbocycles. The molecule has 0 radical (unpaired) electrons. The number of rotatable bonds is 4. The minimum atomic E-state index is -0.504. The van der Waals surface area contributed by atoms with Gasteiger partial charge in [0.15, 0.2) is 0 Å². The molecule has 5 heteroatoms. The van der Waals surface area contributed by atoms with Crippen LogP contribution in [0.3, 0.4) is 0 Å². The average molecular weight is 208 g/mol. The Labute approximate surface area is 87.3 Å². The standard InChI is InChI=1S/C10H12N2O3/c13-7-6-11-10(15)12(8-14)9-4-2-1-3-5-9/h1-5,7,14H,6,8H2,(H,11,15). The van der Waals surface area contributed by atoms with E-state index in [0.29, 0.717) is 12.0 Å². The average Bonchev–Trinajstić information content (AvgIpc) is 2.29. The molecule has 0 unspecified atom stereocenters. The normalized spacial score (nSPS) is 9.40. The number of hydrogen-bond donors (Lipinski definition) is 2. The molecule has 0 aliphatic carbocycles. The van der Waals surface area contributed by atoms with E-state index in [9.17, 15) is 9.59 Å². The van der Waals surface area contributed by atoms with Crippen molar-refractivity contribution >= 4 is 18.0 Å². The Balaban J connectivity index is 2.71. The highest BCUT2D eigenvalue weighted by Crippen LogP contribution is 2.11. The zero-order chi connectivity index (χ0) is 11.1. The first kappa shape index (κ1) is 11.2. The zero-order valence-corrected chi connectivity index (χ0v) is 8.09. The maximum absolute atomic E-state index is 11.4. The largest absolute Gasteiger partial charge is 0.376 e. The number of aliphatic hydroxyl groups is 1. The van der Waals surface area contributed by atoms with E-state index in [0.717, 1.165) is 4.90 Å². The summed E-state index contributed by atoms with van der Waals surface area (Å²) < 4.78 is 0. The molecule has 0 heterocycles. The Kier molecular flexibility index (Phi) is 4.30. The molecule has 0 saturated carbocycles. The second-order valence-corrected chi connectivity index (χ2v) is 2.76. The summed E-state index contributed by atoms with van der Waals surface area (Å²) in [4.78, 5) is 22.6. The van der Waals surface area contributed by atoms with E-state index in [4.69, 9.17) is 5.11 Å². The van der Waals surface area contributed by atoms with Gasteiger partial charge in [-0.05, 0) is 12.1 Å². The van der Waals surface area contributed by atoms with Crippen molar-refractivity contribution in [3.63, 3.8) is 0 Å². The molecule has 0 aromatic heterocycles. The molecular formula is C10H12N2O3. The number of anilines is 1. The highest BCUT2D eigenvalue weighted by atomic mass is 16.3. The fourth-order valence-electron chi connectivity index (χ4n) is 1.10. The van der Waals surface area contributed by atoms with Crippen molar-refractivity contribution < 1.29 is 14.7 Å². The second-order valence-electron chi connectivity index (χ2n) is 2.76. The van der Waals surface area contributed by atoms with Crippen LogP contribution in [0.4, 0.5) is 10.5 Å². The van der Waals surface area contributed by atoms with Crippen LogP contribution in [0.2, 0.25) is 0 Å². The number of hydrogen-bond acceptors (Lipinski definition) is 3. The number of aldehydes is 1. The third kappa shape index (κ3) is 3.07. The fourth-order valence-corrected chi connectivity index (χ4v) is 1.10. The van der Waals surface area contributed by atoms with Crippen LogP contribution in [0.25, 0.3) is 0 Å². The van der Waals surface area contributed by atoms with Gasteiger partial charge < -0.3 is 15.2 Å². The van der Waals surface area contributed by atoms with Crippen LogP contribution < -0.4 is 10.2 Å². The molecule has 0 fully saturated rings. The Hall–Kier alpha value is -1.88. The van der Waals surface area contributed by atoms with Gasteiger partial charge in [0.25, 0.3) is 0 Å². The van der Waals surface area contributed by atoms with Crippen LogP contribution >= 0.6 is 0 Å². The van der Waals surface area contributed by atoms with Crippen LogP contribution in [0.5, 0.6) is 0 Å². The molecule has 0 bridgehead atoms. The summed E-state index contributed by atoms with van der Waals surface area (Å²) in [6.07, 6.45) is 0.582. The molecule has 1 aromatic rings. The molecule has 0 spiro atoms. The van der Waals surface area contributed by atoms with Gasteiger partial charge in [-0.3, -0.25) is 4.90 Å². The minimum absolute atomic E-state index is 0.0673. The van der Waals surface area contributed by atoms with Gasteiger partial charge in [-0.2, -0.15) is 0 Å². The molecule has 0 aliphatic heterocycles. The van der Waals surface area contributed by atoms with Gasteiger partial charge in [-0.1, -0.05) is 18.2 Å². The number of nitrogens with zero attached hydrogens (tertiary/aromatic N) is 1. The second kappa shape index (κ2) is 5.77. The van der Waals surface area contributed by atoms with E-state index in [1.54, 1.807) is 24.3 Å². The van der Waals surface area contributed by atoms with Crippen molar-refractivity contribution in [3.8, 4) is 0 Å². The summed E-state index contributed by atoms with van der Waals surface area (Å²) in [5.74, 6) is 0. The van der Waals surface area contributed by atoms with Gasteiger partial charge in [0.05, 0.1) is 6.54 Å². The lowest BCUT2D eigenvalue weighted by Gasteiger charge is -2.19. The summed E-state index contributed by atoms with van der Waals surface area (Å²) in [5, 5.41) is 11.4. The minimum Gasteiger partial charge on any atom is -0.376 e. The Morgan fingerprint density at radius 3 is 2.60 bits per heavy atom. The van der Waals surface area contributed by atoms with Gasteiger partial charge in [-0.15, -0.1) is 0 Å². The summed E-state index contributed by atoms with van der Waals surface area (Å²) in [6.45, 7) is -0.503. The molecular weight excluding hydrogens is 196 g/mol. The van der Waals surface area contributed by atoms with Gasteiger partial charge in [0, 0.05) is 5.69 Å². The van der Waals surface area contributed by atoms with Crippen molar-refractivity contribution in [2.45, 2.75) is 0 Å². The van der Waals surface area contributed by atoms with Crippen LogP contribution in [0.15, 0.2) is 30.3 Å². The lowest BCUT2D eigenvalue weighted by Crippen LogP contribution is -2.41. The smallest absolute Gasteiger partial charge is 0.324 e. The molecule has 1 rings (SSSR count). The van der Waals surface area contributed by atoms with E-state index >= 15 is 0 Å². The number of nitrogens with one attached hydrogen (secondary N) is 1. The number of benzene rings is 1. The third-order valence-electron chi connectivity index (χ3n) is 1.79. The number of carbonyl (C=O) groups is 2. The lowest BCUT2D eigenvalue weighted by atomic mass is 10.3. The summed E-state index contributed by atoms with van der Waals surface area (Å²) in [7, 11) is 0. The van der Waals surface area contributed by atoms with E-state index < -0.39 is 12.8 Å². The fraction of sp³-hybridized carbons (Fsp3) is 0.200. The predicted octanol–water partition coefficient (Wildman–Crippen LogP) is 0.351. The van der Waals surface area contributed by atoms with E-state index in [1.807, 2.05) is 6.07 Å². The molecule has 0 saturated heterocycles. The van der Waals surface area contributed by atoms with Gasteiger partial charge in [0.2, 0.25) is 0 Å². The van der Waals surface area contributed by atoms with Crippen molar-refractivity contribution in [2.75, 3.05) is 18.2 Å². The van der Waals surface area contributed by atoms with Crippen LogP contribution in [0.1, 0.15) is 0 Å². The molecule has 0 atom stereocenters. The van der Waals surface area contributed by atoms with Crippen molar-refractivity contribution in [2.24, 2.45) is 0 Å². The van der Waals surface area contributed by atoms with Crippen LogP contribution in [-0.4, -0.2) is 30.7 Å². The number of amides is 2. The third-order valence-corrected chi connectivity index (χ3v) is 1.79. The number of urea groups is 1. The first-order valence-corrected chi connectivity index (χ1v) is 4.44. The first-order valence-electron chi connectivity index (χ1n) is 4.44. The Morgan fingerprint density at radius 1 is 1.40 bits per heavy atom. The van der Waals surface area contributed by atoms with Gasteiger partial charge >= 0.3 is 6.03 Å². The monoisotopic (exact) mass is 208 g/mol. The quantitative estimate of drug-likeness (QED) is 0.554. The molecule has 0 aliphatic rings. The summed E-state index contributed by atoms with van der Waals surface area (Å²) >= 11 is 0. The molecule has 2 N–H and O–H groups in total. The molecule has 2 amide bonds. The van der Waals surface area contributed by atoms with Crippen molar-refractivity contribution in [1.29, 1.82) is 0 Å². The number of carbonyl (C=O) groups excluding carboxylic acids is 2. The summed E-state index contributed by atoms with van der Waals surface area (Å²) in [6, 6.07) is 8.20. The van der Waals surface area contributed by atoms with Gasteiger partial charge in [-0.25, -0.2) is 4.79 Å². The van der Waals surface area contributed by atoms with Crippen LogP contribution in [-0.2, 0) is 4.79 Å². The topological polar surface area (TPSA) is 69.6 Å². The first-order chi connectivity index (χ1) is 7.29. The molecule has 80 valence electrons. The van der Waals surface area contributed by atoms with E-state index in [2.05, 4.69) is 5.32 Å². The molecule has 5 nitrogen and oxygen atoms in total. The van der Waals surface area contributed by atoms with Crippen molar-refractivity contribution in [3.05, 3.63) is 30.3 Å². The van der Waals surface area contributed by atoms with Crippen LogP contribution in [0, 0.1) is 0 Å². The highest BCUT2D eigenvalue weighted by Gasteiger charge is 2.12. The number of aliphatic hydroxyl groups excluding tert-OH is 1. The maximum atomic E-state index is 11.4. The van der Waals surface area contributed by atoms with E-state index in [-0.39, 0.29) is 6.54 Å². The SMILES string of the molecule is O=CCNC(=O)N(CO)c1ccccc1. The van der Waals surface area contributed by atoms with Gasteiger partial charge in [0.1, 0.15) is 13.0 Å². The number of para-hydroxylation sites is 1.